The summed E-state index contributed by atoms with van der Waals surface area (Å²) in [6.45, 7) is 50.4. The van der Waals surface area contributed by atoms with Gasteiger partial charge in [-0.2, -0.15) is 0 Å². The van der Waals surface area contributed by atoms with Crippen LogP contribution in [0.4, 0.5) is 0 Å². The molecule has 0 saturated carbocycles. The first kappa shape index (κ1) is 51.8. The highest BCUT2D eigenvalue weighted by Crippen LogP contribution is 2.57. The second-order valence-corrected chi connectivity index (χ2v) is 28.1. The summed E-state index contributed by atoms with van der Waals surface area (Å²) in [4.78, 5) is 1.93. The zero-order valence-corrected chi connectivity index (χ0v) is 45.5. The van der Waals surface area contributed by atoms with Crippen molar-refractivity contribution in [3.05, 3.63) is 93.0 Å². The van der Waals surface area contributed by atoms with E-state index in [1.165, 1.54) is 0 Å². The molecule has 0 amide bonds. The van der Waals surface area contributed by atoms with Crippen LogP contribution in [-0.4, -0.2) is 0 Å². The predicted octanol–water partition coefficient (Wildman–Crippen LogP) is 16.2. The molecule has 0 saturated heterocycles. The summed E-state index contributed by atoms with van der Waals surface area (Å²) in [6.07, 6.45) is 0. The Balaban J connectivity index is 2.28. The van der Waals surface area contributed by atoms with Crippen molar-refractivity contribution in [2.24, 2.45) is 0 Å². The molecule has 4 nitrogen and oxygen atoms in total. The van der Waals surface area contributed by atoms with E-state index in [0.29, 0.717) is 0 Å². The summed E-state index contributed by atoms with van der Waals surface area (Å²) in [7, 11) is 0. The molecule has 65 heavy (non-hydrogen) atoms. The SMILES string of the molecule is CC(C)(C)c1cc(-c2sc(-c3cc(C(C)(C)C)c([O-])c(C(C)(C)C)c3)c(-c3cc(C(C)(C)C)c([O-])c(C(C)(C)C)c3)c2-c2cc(C(C)(C)C)c([O-])c(C(C)(C)C)c2)cc(C(C)(C)C)c1[O]. The summed E-state index contributed by atoms with van der Waals surface area (Å²) >= 11 is 1.67. The van der Waals surface area contributed by atoms with Crippen LogP contribution < -0.4 is 15.3 Å². The van der Waals surface area contributed by atoms with Gasteiger partial charge in [0, 0.05) is 32.0 Å². The van der Waals surface area contributed by atoms with Crippen LogP contribution in [0.1, 0.15) is 211 Å². The average Bonchev–Trinajstić information content (AvgIpc) is 3.48. The fourth-order valence-electron chi connectivity index (χ4n) is 8.91. The van der Waals surface area contributed by atoms with Crippen LogP contribution >= 0.6 is 11.3 Å². The Labute approximate surface area is 398 Å². The van der Waals surface area contributed by atoms with Gasteiger partial charge in [-0.3, -0.25) is 5.11 Å². The Morgan fingerprint density at radius 3 is 0.646 bits per heavy atom. The molecule has 1 radical (unpaired) electrons. The van der Waals surface area contributed by atoms with Gasteiger partial charge >= 0.3 is 0 Å². The van der Waals surface area contributed by atoms with Gasteiger partial charge in [-0.25, -0.2) is 0 Å². The summed E-state index contributed by atoms with van der Waals surface area (Å²) < 4.78 is 0. The van der Waals surface area contributed by atoms with E-state index in [0.717, 1.165) is 87.6 Å². The van der Waals surface area contributed by atoms with Crippen molar-refractivity contribution in [1.29, 1.82) is 0 Å². The van der Waals surface area contributed by atoms with E-state index in [-0.39, 0.29) is 23.0 Å². The third-order valence-electron chi connectivity index (χ3n) is 12.8. The van der Waals surface area contributed by atoms with Gasteiger partial charge in [-0.1, -0.05) is 203 Å². The Morgan fingerprint density at radius 2 is 0.462 bits per heavy atom. The number of benzene rings is 4. The predicted molar refractivity (Wildman–Crippen MR) is 274 cm³/mol. The van der Waals surface area contributed by atoms with Crippen LogP contribution in [0.3, 0.4) is 0 Å². The van der Waals surface area contributed by atoms with E-state index >= 15 is 0 Å². The molecule has 0 aliphatic rings. The molecule has 1 aromatic heterocycles. The summed E-state index contributed by atoms with van der Waals surface area (Å²) in [6, 6.07) is 16.8. The van der Waals surface area contributed by atoms with Crippen LogP contribution in [0.5, 0.6) is 23.0 Å². The molecule has 5 heteroatoms. The van der Waals surface area contributed by atoms with Crippen molar-refractivity contribution in [3.8, 4) is 66.1 Å². The standard InChI is InChI=1S/C60H83O4S/c1-53(2,3)37-25-33(26-38(47(37)61)54(4,5)6)45-46(34-27-39(55(7,8)9)48(62)40(28-34)56(10,11)12)52(36-31-43(59(19,20)21)50(64)44(32-36)60(22,23)24)65-51(45)35-29-41(57(13,14)15)49(63)42(30-35)58(16,17)18/h25-32,61-63H,1-24H3/p-3. The maximum absolute atomic E-state index is 14.7. The molecule has 0 aliphatic heterocycles. The molecule has 0 aliphatic carbocycles. The quantitative estimate of drug-likeness (QED) is 0.180. The highest BCUT2D eigenvalue weighted by atomic mass is 32.1. The van der Waals surface area contributed by atoms with Crippen molar-refractivity contribution >= 4 is 11.3 Å². The van der Waals surface area contributed by atoms with Gasteiger partial charge in [-0.05, 0) is 111 Å². The van der Waals surface area contributed by atoms with Gasteiger partial charge in [0.2, 0.25) is 0 Å². The normalized spacial score (nSPS) is 13.8. The zero-order valence-electron chi connectivity index (χ0n) is 44.7. The highest BCUT2D eigenvalue weighted by molar-refractivity contribution is 7.20. The molecule has 1 heterocycles. The molecule has 0 atom stereocenters. The maximum Gasteiger partial charge on any atom is 0.186 e. The molecule has 0 N–H and O–H groups in total. The molecule has 5 aromatic rings. The van der Waals surface area contributed by atoms with Crippen LogP contribution in [0.15, 0.2) is 48.5 Å². The average molecular weight is 897 g/mol. The molecule has 0 fully saturated rings. The minimum absolute atomic E-state index is 0.0458. The Bertz CT molecular complexity index is 2310. The lowest BCUT2D eigenvalue weighted by atomic mass is 9.75. The fourth-order valence-corrected chi connectivity index (χ4v) is 10.2. The molecule has 0 unspecified atom stereocenters. The molecule has 353 valence electrons. The smallest absolute Gasteiger partial charge is 0.186 e. The second-order valence-electron chi connectivity index (χ2n) is 27.1. The molecular weight excluding hydrogens is 817 g/mol. The van der Waals surface area contributed by atoms with Crippen molar-refractivity contribution < 1.29 is 20.4 Å². The Morgan fingerprint density at radius 1 is 0.292 bits per heavy atom. The van der Waals surface area contributed by atoms with E-state index < -0.39 is 43.3 Å². The van der Waals surface area contributed by atoms with Crippen molar-refractivity contribution in [2.75, 3.05) is 0 Å². The van der Waals surface area contributed by atoms with E-state index in [1.54, 1.807) is 11.3 Å². The van der Waals surface area contributed by atoms with E-state index in [4.69, 9.17) is 0 Å². The lowest BCUT2D eigenvalue weighted by molar-refractivity contribution is -0.272. The number of thiophene rings is 1. The van der Waals surface area contributed by atoms with Crippen LogP contribution in [0.2, 0.25) is 0 Å². The summed E-state index contributed by atoms with van der Waals surface area (Å²) in [5, 5.41) is 58.5. The topological polar surface area (TPSA) is 89.1 Å². The van der Waals surface area contributed by atoms with E-state index in [1.807, 2.05) is 0 Å². The number of rotatable bonds is 4. The van der Waals surface area contributed by atoms with Gasteiger partial charge in [-0.15, -0.1) is 28.6 Å². The summed E-state index contributed by atoms with van der Waals surface area (Å²) in [5.74, 6) is 0.202. The molecular formula is C60H80O4S-3. The maximum atomic E-state index is 14.7. The van der Waals surface area contributed by atoms with Gasteiger partial charge in [0.25, 0.3) is 0 Å². The summed E-state index contributed by atoms with van der Waals surface area (Å²) in [5.41, 5.74) is 7.66. The fraction of sp³-hybridized carbons (Fsp3) is 0.533. The van der Waals surface area contributed by atoms with Gasteiger partial charge in [0.1, 0.15) is 0 Å². The van der Waals surface area contributed by atoms with E-state index in [2.05, 4.69) is 215 Å². The second kappa shape index (κ2) is 16.2. The Hall–Kier alpha value is -4.22. The third kappa shape index (κ3) is 10.2. The van der Waals surface area contributed by atoms with Crippen LogP contribution in [-0.2, 0) is 48.4 Å². The minimum atomic E-state index is -0.481. The first-order valence-corrected chi connectivity index (χ1v) is 24.4. The largest absolute Gasteiger partial charge is 0.872 e. The molecule has 0 spiro atoms. The minimum Gasteiger partial charge on any atom is -0.872 e. The van der Waals surface area contributed by atoms with E-state index in [9.17, 15) is 20.4 Å². The van der Waals surface area contributed by atoms with Gasteiger partial charge in [0.05, 0.1) is 0 Å². The van der Waals surface area contributed by atoms with Gasteiger partial charge in [0.15, 0.2) is 5.75 Å². The monoisotopic (exact) mass is 897 g/mol. The third-order valence-corrected chi connectivity index (χ3v) is 14.1. The van der Waals surface area contributed by atoms with Crippen LogP contribution in [0.25, 0.3) is 43.1 Å². The molecule has 5 rings (SSSR count). The van der Waals surface area contributed by atoms with Crippen molar-refractivity contribution in [3.63, 3.8) is 0 Å². The molecule has 0 bridgehead atoms. The number of hydrogen-bond donors (Lipinski definition) is 0. The van der Waals surface area contributed by atoms with Crippen molar-refractivity contribution in [1.82, 2.24) is 0 Å². The highest BCUT2D eigenvalue weighted by Gasteiger charge is 2.34. The lowest BCUT2D eigenvalue weighted by Gasteiger charge is -2.35. The van der Waals surface area contributed by atoms with Crippen molar-refractivity contribution in [2.45, 2.75) is 209 Å². The first-order valence-electron chi connectivity index (χ1n) is 23.6. The number of hydrogen-bond acceptors (Lipinski definition) is 4. The Kier molecular flexibility index (Phi) is 12.9. The molecule has 4 aromatic carbocycles. The first-order chi connectivity index (χ1) is 29.0. The van der Waals surface area contributed by atoms with Gasteiger partial charge < -0.3 is 15.3 Å². The van der Waals surface area contributed by atoms with Crippen LogP contribution in [0, 0.1) is 0 Å². The zero-order chi connectivity index (χ0) is 49.9. The lowest BCUT2D eigenvalue weighted by Crippen LogP contribution is -2.21.